The predicted molar refractivity (Wildman–Crippen MR) is 73.7 cm³/mol. The van der Waals surface area contributed by atoms with Crippen LogP contribution >= 0.6 is 0 Å². The number of hydrogen-bond acceptors (Lipinski definition) is 4. The molecule has 0 bridgehead atoms. The van der Waals surface area contributed by atoms with Crippen molar-refractivity contribution in [3.8, 4) is 0 Å². The van der Waals surface area contributed by atoms with Crippen molar-refractivity contribution in [1.82, 2.24) is 4.98 Å². The Morgan fingerprint density at radius 2 is 2.17 bits per heavy atom. The van der Waals surface area contributed by atoms with Gasteiger partial charge in [0.1, 0.15) is 0 Å². The van der Waals surface area contributed by atoms with Crippen LogP contribution in [0.1, 0.15) is 32.3 Å². The molecule has 100 valence electrons. The number of aliphatic hydroxyl groups is 1. The van der Waals surface area contributed by atoms with Crippen LogP contribution in [0.5, 0.6) is 0 Å². The van der Waals surface area contributed by atoms with Gasteiger partial charge in [0.2, 0.25) is 0 Å². The topological polar surface area (TPSA) is 62.4 Å². The van der Waals surface area contributed by atoms with Gasteiger partial charge in [-0.25, -0.2) is 0 Å². The molecule has 2 heterocycles. The van der Waals surface area contributed by atoms with Crippen LogP contribution in [-0.2, 0) is 0 Å². The smallest absolute Gasteiger partial charge is 0.0750 e. The van der Waals surface area contributed by atoms with E-state index in [1.54, 1.807) is 0 Å². The van der Waals surface area contributed by atoms with Crippen molar-refractivity contribution in [2.24, 2.45) is 11.7 Å². The molecule has 0 amide bonds. The summed E-state index contributed by atoms with van der Waals surface area (Å²) in [6.07, 6.45) is 3.36. The third-order valence-corrected chi connectivity index (χ3v) is 3.75. The fourth-order valence-electron chi connectivity index (χ4n) is 2.64. The molecular weight excluding hydrogens is 226 g/mol. The lowest BCUT2D eigenvalue weighted by Gasteiger charge is -2.40. The van der Waals surface area contributed by atoms with Crippen molar-refractivity contribution in [3.63, 3.8) is 0 Å². The van der Waals surface area contributed by atoms with Crippen LogP contribution in [0.3, 0.4) is 0 Å². The van der Waals surface area contributed by atoms with Crippen LogP contribution in [0.2, 0.25) is 0 Å². The third-order valence-electron chi connectivity index (χ3n) is 3.75. The van der Waals surface area contributed by atoms with Gasteiger partial charge in [0, 0.05) is 43.1 Å². The third kappa shape index (κ3) is 2.49. The summed E-state index contributed by atoms with van der Waals surface area (Å²) in [4.78, 5) is 6.48. The van der Waals surface area contributed by atoms with Crippen LogP contribution in [0, 0.1) is 5.92 Å². The zero-order valence-electron chi connectivity index (χ0n) is 11.4. The molecule has 1 aromatic rings. The van der Waals surface area contributed by atoms with E-state index in [0.717, 1.165) is 6.54 Å². The first-order valence-corrected chi connectivity index (χ1v) is 6.63. The summed E-state index contributed by atoms with van der Waals surface area (Å²) in [6.45, 7) is 7.94. The zero-order valence-corrected chi connectivity index (χ0v) is 11.4. The highest BCUT2D eigenvalue weighted by atomic mass is 16.3. The van der Waals surface area contributed by atoms with Crippen LogP contribution in [0.25, 0.3) is 0 Å². The van der Waals surface area contributed by atoms with Gasteiger partial charge in [-0.3, -0.25) is 4.98 Å². The molecule has 0 radical (unpaired) electrons. The summed E-state index contributed by atoms with van der Waals surface area (Å²) in [5.74, 6) is 0.633. The molecule has 1 saturated heterocycles. The molecule has 0 unspecified atom stereocenters. The van der Waals surface area contributed by atoms with Gasteiger partial charge in [-0.2, -0.15) is 0 Å². The number of rotatable bonds is 2. The highest BCUT2D eigenvalue weighted by Crippen LogP contribution is 2.29. The van der Waals surface area contributed by atoms with E-state index in [2.05, 4.69) is 23.7 Å². The highest BCUT2D eigenvalue weighted by Gasteiger charge is 2.31. The van der Waals surface area contributed by atoms with Crippen LogP contribution in [0.15, 0.2) is 18.5 Å². The Labute approximate surface area is 109 Å². The first-order chi connectivity index (χ1) is 8.50. The van der Waals surface area contributed by atoms with E-state index >= 15 is 0 Å². The lowest BCUT2D eigenvalue weighted by atomic mass is 9.91. The largest absolute Gasteiger partial charge is 0.391 e. The average Bonchev–Trinajstić information content (AvgIpc) is 2.35. The minimum atomic E-state index is -0.398. The molecule has 1 aliphatic heterocycles. The van der Waals surface area contributed by atoms with E-state index < -0.39 is 6.10 Å². The Kier molecular flexibility index (Phi) is 3.88. The second kappa shape index (κ2) is 5.24. The van der Waals surface area contributed by atoms with Gasteiger partial charge in [-0.1, -0.05) is 20.8 Å². The fraction of sp³-hybridized carbons (Fsp3) is 0.643. The van der Waals surface area contributed by atoms with Crippen molar-refractivity contribution in [3.05, 3.63) is 24.0 Å². The number of nitrogens with two attached hydrogens (primary N) is 1. The standard InChI is InChI=1S/C14H23N3O/c1-9(2)11-6-16-5-4-13(11)17-7-10(3)14(18)12(15)8-17/h4-6,9-10,12,14,18H,7-8,15H2,1-3H3/t10-,12+,14+/m1/s1. The zero-order chi connectivity index (χ0) is 13.3. The number of hydrogen-bond donors (Lipinski definition) is 2. The second-order valence-electron chi connectivity index (χ2n) is 5.63. The van der Waals surface area contributed by atoms with E-state index in [-0.39, 0.29) is 12.0 Å². The van der Waals surface area contributed by atoms with Crippen LogP contribution in [0.4, 0.5) is 5.69 Å². The first kappa shape index (κ1) is 13.3. The summed E-state index contributed by atoms with van der Waals surface area (Å²) in [7, 11) is 0. The number of aromatic nitrogens is 1. The van der Waals surface area contributed by atoms with Gasteiger partial charge in [0.05, 0.1) is 6.10 Å². The number of anilines is 1. The Balaban J connectivity index is 2.27. The van der Waals surface area contributed by atoms with E-state index in [0.29, 0.717) is 12.5 Å². The van der Waals surface area contributed by atoms with Crippen LogP contribution in [-0.4, -0.2) is 35.3 Å². The number of nitrogens with zero attached hydrogens (tertiary/aromatic N) is 2. The maximum atomic E-state index is 9.93. The van der Waals surface area contributed by atoms with Crippen molar-refractivity contribution >= 4 is 5.69 Å². The van der Waals surface area contributed by atoms with E-state index in [1.807, 2.05) is 25.4 Å². The predicted octanol–water partition coefficient (Wildman–Crippen LogP) is 1.35. The molecule has 1 fully saturated rings. The number of pyridine rings is 1. The molecule has 0 aliphatic carbocycles. The monoisotopic (exact) mass is 249 g/mol. The fourth-order valence-corrected chi connectivity index (χ4v) is 2.64. The molecule has 3 atom stereocenters. The molecule has 2 rings (SSSR count). The Hall–Kier alpha value is -1.13. The summed E-state index contributed by atoms with van der Waals surface area (Å²) < 4.78 is 0. The van der Waals surface area contributed by atoms with Crippen molar-refractivity contribution in [2.75, 3.05) is 18.0 Å². The minimum Gasteiger partial charge on any atom is -0.391 e. The van der Waals surface area contributed by atoms with Gasteiger partial charge in [0.25, 0.3) is 0 Å². The molecule has 4 nitrogen and oxygen atoms in total. The Morgan fingerprint density at radius 1 is 1.44 bits per heavy atom. The quantitative estimate of drug-likeness (QED) is 0.830. The summed E-state index contributed by atoms with van der Waals surface area (Å²) >= 11 is 0. The lowest BCUT2D eigenvalue weighted by molar-refractivity contribution is 0.0784. The molecule has 0 spiro atoms. The van der Waals surface area contributed by atoms with Gasteiger partial charge >= 0.3 is 0 Å². The molecule has 0 saturated carbocycles. The molecule has 1 aromatic heterocycles. The molecular formula is C14H23N3O. The van der Waals surface area contributed by atoms with Gasteiger partial charge in [-0.15, -0.1) is 0 Å². The van der Waals surface area contributed by atoms with E-state index in [9.17, 15) is 5.11 Å². The maximum Gasteiger partial charge on any atom is 0.0750 e. The Bertz CT molecular complexity index is 396. The first-order valence-electron chi connectivity index (χ1n) is 6.63. The second-order valence-corrected chi connectivity index (χ2v) is 5.63. The average molecular weight is 249 g/mol. The normalized spacial score (nSPS) is 28.8. The number of piperidine rings is 1. The van der Waals surface area contributed by atoms with Gasteiger partial charge < -0.3 is 15.7 Å². The molecule has 4 heteroatoms. The summed E-state index contributed by atoms with van der Waals surface area (Å²) in [5.41, 5.74) is 8.46. The lowest BCUT2D eigenvalue weighted by Crippen LogP contribution is -2.55. The summed E-state index contributed by atoms with van der Waals surface area (Å²) in [6, 6.07) is 1.87. The molecule has 0 aromatic carbocycles. The minimum absolute atomic E-state index is 0.179. The van der Waals surface area contributed by atoms with Gasteiger partial charge in [-0.05, 0) is 17.5 Å². The number of aliphatic hydroxyl groups excluding tert-OH is 1. The van der Waals surface area contributed by atoms with E-state index in [1.165, 1.54) is 11.3 Å². The van der Waals surface area contributed by atoms with Gasteiger partial charge in [0.15, 0.2) is 0 Å². The van der Waals surface area contributed by atoms with Crippen molar-refractivity contribution < 1.29 is 5.11 Å². The molecule has 1 aliphatic rings. The molecule has 18 heavy (non-hydrogen) atoms. The highest BCUT2D eigenvalue weighted by molar-refractivity contribution is 5.54. The van der Waals surface area contributed by atoms with Crippen LogP contribution < -0.4 is 10.6 Å². The molecule has 3 N–H and O–H groups in total. The van der Waals surface area contributed by atoms with E-state index in [4.69, 9.17) is 5.73 Å². The summed E-state index contributed by atoms with van der Waals surface area (Å²) in [5, 5.41) is 9.93. The van der Waals surface area contributed by atoms with Crippen molar-refractivity contribution in [2.45, 2.75) is 38.8 Å². The maximum absolute atomic E-state index is 9.93. The SMILES string of the molecule is CC(C)c1cnccc1N1C[C@@H](C)[C@H](O)[C@@H](N)C1. The van der Waals surface area contributed by atoms with Crippen molar-refractivity contribution in [1.29, 1.82) is 0 Å². The Morgan fingerprint density at radius 3 is 2.78 bits per heavy atom.